The Labute approximate surface area is 108 Å². The molecule has 0 spiro atoms. The van der Waals surface area contributed by atoms with Crippen LogP contribution in [0.25, 0.3) is 0 Å². The molecule has 3 nitrogen and oxygen atoms in total. The normalized spacial score (nSPS) is 10.8. The molecule has 0 unspecified atom stereocenters. The molecule has 2 amide bonds. The summed E-state index contributed by atoms with van der Waals surface area (Å²) in [6, 6.07) is 8.70. The second-order valence-electron chi connectivity index (χ2n) is 4.12. The second kappa shape index (κ2) is 7.43. The molecular formula is C15H19NO2. The molecule has 96 valence electrons. The van der Waals surface area contributed by atoms with E-state index < -0.39 is 0 Å². The Balaban J connectivity index is 2.53. The molecule has 3 heteroatoms. The maximum Gasteiger partial charge on any atom is 0.258 e. The molecule has 0 saturated heterocycles. The van der Waals surface area contributed by atoms with E-state index in [2.05, 4.69) is 19.2 Å². The number of carbonyl (C=O) groups excluding carboxylic acids is 2. The minimum Gasteiger partial charge on any atom is -0.289 e. The first-order valence-corrected chi connectivity index (χ1v) is 6.25. The average Bonchev–Trinajstić information content (AvgIpc) is 2.41. The van der Waals surface area contributed by atoms with Crippen molar-refractivity contribution in [3.05, 3.63) is 48.0 Å². The summed E-state index contributed by atoms with van der Waals surface area (Å²) >= 11 is 0. The van der Waals surface area contributed by atoms with Crippen molar-refractivity contribution in [2.75, 3.05) is 0 Å². The Hall–Kier alpha value is -1.90. The Morgan fingerprint density at radius 2 is 1.78 bits per heavy atom. The van der Waals surface area contributed by atoms with Crippen LogP contribution in [0.3, 0.4) is 0 Å². The molecule has 0 heterocycles. The van der Waals surface area contributed by atoms with Gasteiger partial charge in [0.1, 0.15) is 0 Å². The number of hydrogen-bond acceptors (Lipinski definition) is 2. The van der Waals surface area contributed by atoms with Crippen molar-refractivity contribution in [3.63, 3.8) is 0 Å². The van der Waals surface area contributed by atoms with Gasteiger partial charge in [0.15, 0.2) is 0 Å². The minimum atomic E-state index is -0.366. The van der Waals surface area contributed by atoms with Gasteiger partial charge < -0.3 is 0 Å². The largest absolute Gasteiger partial charge is 0.289 e. The number of carbonyl (C=O) groups is 2. The van der Waals surface area contributed by atoms with Gasteiger partial charge in [0.2, 0.25) is 5.91 Å². The van der Waals surface area contributed by atoms with Gasteiger partial charge in [0.25, 0.3) is 5.91 Å². The Bertz CT molecular complexity index is 419. The topological polar surface area (TPSA) is 46.2 Å². The third kappa shape index (κ3) is 4.53. The van der Waals surface area contributed by atoms with Crippen LogP contribution in [0.5, 0.6) is 0 Å². The fourth-order valence-corrected chi connectivity index (χ4v) is 1.60. The molecule has 0 aliphatic rings. The first-order valence-electron chi connectivity index (χ1n) is 6.25. The zero-order chi connectivity index (χ0) is 13.4. The molecule has 0 aromatic heterocycles. The van der Waals surface area contributed by atoms with Gasteiger partial charge in [0, 0.05) is 5.56 Å². The molecule has 0 atom stereocenters. The lowest BCUT2D eigenvalue weighted by Gasteiger charge is -2.05. The summed E-state index contributed by atoms with van der Waals surface area (Å²) in [7, 11) is 0. The van der Waals surface area contributed by atoms with Gasteiger partial charge in [0.05, 0.1) is 0 Å². The van der Waals surface area contributed by atoms with E-state index in [9.17, 15) is 9.59 Å². The van der Waals surface area contributed by atoms with Gasteiger partial charge in [-0.3, -0.25) is 14.9 Å². The van der Waals surface area contributed by atoms with E-state index in [1.165, 1.54) is 6.08 Å². The summed E-state index contributed by atoms with van der Waals surface area (Å²) in [5.74, 6) is -0.340. The zero-order valence-electron chi connectivity index (χ0n) is 10.8. The van der Waals surface area contributed by atoms with Gasteiger partial charge >= 0.3 is 0 Å². The standard InChI is InChI=1S/C15H19NO2/c1-3-12(4-2)10-11-14(17)16-15(18)13-8-6-5-7-9-13/h5-12H,3-4H2,1-2H3,(H,16,17,18)/b11-10+. The average molecular weight is 245 g/mol. The van der Waals surface area contributed by atoms with E-state index in [-0.39, 0.29) is 11.8 Å². The van der Waals surface area contributed by atoms with Crippen molar-refractivity contribution in [2.24, 2.45) is 5.92 Å². The smallest absolute Gasteiger partial charge is 0.258 e. The van der Waals surface area contributed by atoms with E-state index >= 15 is 0 Å². The van der Waals surface area contributed by atoms with Gasteiger partial charge in [-0.25, -0.2) is 0 Å². The number of imide groups is 1. The van der Waals surface area contributed by atoms with Crippen LogP contribution in [0.1, 0.15) is 37.0 Å². The highest BCUT2D eigenvalue weighted by Crippen LogP contribution is 2.08. The van der Waals surface area contributed by atoms with Crippen molar-refractivity contribution in [1.82, 2.24) is 5.32 Å². The van der Waals surface area contributed by atoms with Crippen LogP contribution in [0, 0.1) is 5.92 Å². The van der Waals surface area contributed by atoms with Crippen LogP contribution in [0.2, 0.25) is 0 Å². The van der Waals surface area contributed by atoms with E-state index in [1.807, 2.05) is 12.1 Å². The third-order valence-electron chi connectivity index (χ3n) is 2.84. The lowest BCUT2D eigenvalue weighted by molar-refractivity contribution is -0.115. The van der Waals surface area contributed by atoms with Gasteiger partial charge in [-0.2, -0.15) is 0 Å². The summed E-state index contributed by atoms with van der Waals surface area (Å²) < 4.78 is 0. The van der Waals surface area contributed by atoms with Gasteiger partial charge in [-0.1, -0.05) is 38.1 Å². The fourth-order valence-electron chi connectivity index (χ4n) is 1.60. The maximum atomic E-state index is 11.7. The van der Waals surface area contributed by atoms with Crippen molar-refractivity contribution in [3.8, 4) is 0 Å². The van der Waals surface area contributed by atoms with Crippen LogP contribution < -0.4 is 5.32 Å². The number of benzene rings is 1. The number of amides is 2. The number of nitrogens with one attached hydrogen (secondary N) is 1. The summed E-state index contributed by atoms with van der Waals surface area (Å²) in [6.45, 7) is 4.15. The highest BCUT2D eigenvalue weighted by molar-refractivity contribution is 6.07. The molecule has 18 heavy (non-hydrogen) atoms. The predicted octanol–water partition coefficient (Wildman–Crippen LogP) is 2.94. The van der Waals surface area contributed by atoms with Crippen LogP contribution in [-0.4, -0.2) is 11.8 Å². The summed E-state index contributed by atoms with van der Waals surface area (Å²) in [6.07, 6.45) is 5.28. The summed E-state index contributed by atoms with van der Waals surface area (Å²) in [4.78, 5) is 23.2. The lowest BCUT2D eigenvalue weighted by atomic mass is 10.0. The van der Waals surface area contributed by atoms with Crippen LogP contribution >= 0.6 is 0 Å². The SMILES string of the molecule is CCC(/C=C/C(=O)NC(=O)c1ccccc1)CC. The predicted molar refractivity (Wildman–Crippen MR) is 72.1 cm³/mol. The van der Waals surface area contributed by atoms with Crippen LogP contribution in [-0.2, 0) is 4.79 Å². The molecule has 0 bridgehead atoms. The van der Waals surface area contributed by atoms with E-state index in [0.717, 1.165) is 12.8 Å². The highest BCUT2D eigenvalue weighted by Gasteiger charge is 2.07. The molecule has 0 aliphatic heterocycles. The summed E-state index contributed by atoms with van der Waals surface area (Å²) in [5.41, 5.74) is 0.488. The molecule has 1 aromatic carbocycles. The molecule has 1 aromatic rings. The number of rotatable bonds is 5. The van der Waals surface area contributed by atoms with Gasteiger partial charge in [-0.05, 0) is 37.0 Å². The number of hydrogen-bond donors (Lipinski definition) is 1. The summed E-state index contributed by atoms with van der Waals surface area (Å²) in [5, 5.41) is 2.34. The maximum absolute atomic E-state index is 11.7. The molecule has 1 rings (SSSR count). The highest BCUT2D eigenvalue weighted by atomic mass is 16.2. The van der Waals surface area contributed by atoms with E-state index in [1.54, 1.807) is 24.3 Å². The van der Waals surface area contributed by atoms with Crippen molar-refractivity contribution in [2.45, 2.75) is 26.7 Å². The molecule has 0 aliphatic carbocycles. The fraction of sp³-hybridized carbons (Fsp3) is 0.333. The molecule has 0 radical (unpaired) electrons. The van der Waals surface area contributed by atoms with Gasteiger partial charge in [-0.15, -0.1) is 0 Å². The monoisotopic (exact) mass is 245 g/mol. The second-order valence-corrected chi connectivity index (χ2v) is 4.12. The van der Waals surface area contributed by atoms with Crippen molar-refractivity contribution < 1.29 is 9.59 Å². The Kier molecular flexibility index (Phi) is 5.85. The third-order valence-corrected chi connectivity index (χ3v) is 2.84. The molecule has 0 saturated carbocycles. The Morgan fingerprint density at radius 3 is 2.33 bits per heavy atom. The first-order chi connectivity index (χ1) is 8.67. The molecule has 0 fully saturated rings. The van der Waals surface area contributed by atoms with Crippen molar-refractivity contribution in [1.29, 1.82) is 0 Å². The molecular weight excluding hydrogens is 226 g/mol. The van der Waals surface area contributed by atoms with Crippen LogP contribution in [0.15, 0.2) is 42.5 Å². The quantitative estimate of drug-likeness (QED) is 0.811. The minimum absolute atomic E-state index is 0.365. The van der Waals surface area contributed by atoms with Crippen LogP contribution in [0.4, 0.5) is 0 Å². The van der Waals surface area contributed by atoms with Crippen molar-refractivity contribution >= 4 is 11.8 Å². The number of allylic oxidation sites excluding steroid dienone is 1. The van der Waals surface area contributed by atoms with E-state index in [4.69, 9.17) is 0 Å². The zero-order valence-corrected chi connectivity index (χ0v) is 10.8. The molecule has 1 N–H and O–H groups in total. The lowest BCUT2D eigenvalue weighted by Crippen LogP contribution is -2.28. The van der Waals surface area contributed by atoms with E-state index in [0.29, 0.717) is 11.5 Å². The first kappa shape index (κ1) is 14.2. The Morgan fingerprint density at radius 1 is 1.17 bits per heavy atom.